The van der Waals surface area contributed by atoms with Crippen LogP contribution in [0.4, 0.5) is 0 Å². The summed E-state index contributed by atoms with van der Waals surface area (Å²) in [6.45, 7) is 2.15. The van der Waals surface area contributed by atoms with Crippen molar-refractivity contribution in [2.24, 2.45) is 17.8 Å². The van der Waals surface area contributed by atoms with Crippen molar-refractivity contribution in [3.63, 3.8) is 0 Å². The molecule has 0 spiro atoms. The standard InChI is InChI=1S/C10H16O4/c1-2-14-10(13)7-4-5-3-6(7)9(12)8(5)11/h5-9,11-12H,2-4H2,1H3. The van der Waals surface area contributed by atoms with Crippen LogP contribution in [0.2, 0.25) is 0 Å². The maximum atomic E-state index is 11.5. The molecule has 0 aromatic carbocycles. The Balaban J connectivity index is 2.02. The fraction of sp³-hybridized carbons (Fsp3) is 0.900. The normalized spacial score (nSPS) is 45.5. The van der Waals surface area contributed by atoms with Gasteiger partial charge in [0, 0.05) is 5.92 Å². The third kappa shape index (κ3) is 1.33. The maximum Gasteiger partial charge on any atom is 0.309 e. The molecule has 0 saturated heterocycles. The highest BCUT2D eigenvalue weighted by Gasteiger charge is 2.54. The molecule has 0 aromatic rings. The molecule has 2 fully saturated rings. The van der Waals surface area contributed by atoms with Crippen LogP contribution in [-0.4, -0.2) is 35.0 Å². The Morgan fingerprint density at radius 2 is 2.07 bits per heavy atom. The number of hydrogen-bond acceptors (Lipinski definition) is 4. The quantitative estimate of drug-likeness (QED) is 0.612. The van der Waals surface area contributed by atoms with E-state index in [0.29, 0.717) is 13.0 Å². The summed E-state index contributed by atoms with van der Waals surface area (Å²) in [5.41, 5.74) is 0. The third-order valence-corrected chi connectivity index (χ3v) is 3.51. The number of aliphatic hydroxyl groups is 2. The van der Waals surface area contributed by atoms with Crippen molar-refractivity contribution >= 4 is 5.97 Å². The van der Waals surface area contributed by atoms with Gasteiger partial charge in [-0.15, -0.1) is 0 Å². The number of ether oxygens (including phenoxy) is 1. The largest absolute Gasteiger partial charge is 0.466 e. The second kappa shape index (κ2) is 3.51. The molecule has 5 atom stereocenters. The van der Waals surface area contributed by atoms with Crippen molar-refractivity contribution in [3.05, 3.63) is 0 Å². The van der Waals surface area contributed by atoms with Gasteiger partial charge in [-0.05, 0) is 25.7 Å². The Bertz CT molecular complexity index is 238. The van der Waals surface area contributed by atoms with E-state index in [1.165, 1.54) is 0 Å². The predicted molar refractivity (Wildman–Crippen MR) is 48.4 cm³/mol. The first-order valence-corrected chi connectivity index (χ1v) is 5.18. The Hall–Kier alpha value is -0.610. The number of hydrogen-bond donors (Lipinski definition) is 2. The number of carbonyl (C=O) groups excluding carboxylic acids is 1. The predicted octanol–water partition coefficient (Wildman–Crippen LogP) is -0.0727. The lowest BCUT2D eigenvalue weighted by Crippen LogP contribution is -2.39. The van der Waals surface area contributed by atoms with E-state index in [4.69, 9.17) is 4.74 Å². The summed E-state index contributed by atoms with van der Waals surface area (Å²) in [6, 6.07) is 0. The minimum atomic E-state index is -0.733. The number of aliphatic hydroxyl groups excluding tert-OH is 2. The topological polar surface area (TPSA) is 66.8 Å². The molecule has 0 heterocycles. The van der Waals surface area contributed by atoms with Gasteiger partial charge in [-0.25, -0.2) is 0 Å². The zero-order chi connectivity index (χ0) is 10.3. The smallest absolute Gasteiger partial charge is 0.309 e. The molecule has 0 aromatic heterocycles. The molecule has 2 bridgehead atoms. The molecular weight excluding hydrogens is 184 g/mol. The fourth-order valence-electron chi connectivity index (χ4n) is 2.82. The number of esters is 1. The fourth-order valence-corrected chi connectivity index (χ4v) is 2.82. The molecule has 4 nitrogen and oxygen atoms in total. The van der Waals surface area contributed by atoms with Crippen LogP contribution in [0.1, 0.15) is 19.8 Å². The van der Waals surface area contributed by atoms with E-state index < -0.39 is 12.2 Å². The zero-order valence-electron chi connectivity index (χ0n) is 8.22. The Labute approximate surface area is 82.9 Å². The zero-order valence-corrected chi connectivity index (χ0v) is 8.22. The van der Waals surface area contributed by atoms with Crippen LogP contribution < -0.4 is 0 Å². The van der Waals surface area contributed by atoms with Gasteiger partial charge in [0.05, 0.1) is 24.7 Å². The van der Waals surface area contributed by atoms with Crippen LogP contribution in [0.25, 0.3) is 0 Å². The molecule has 2 aliphatic rings. The molecular formula is C10H16O4. The minimum Gasteiger partial charge on any atom is -0.466 e. The number of carbonyl (C=O) groups is 1. The summed E-state index contributed by atoms with van der Waals surface area (Å²) in [7, 11) is 0. The van der Waals surface area contributed by atoms with Crippen molar-refractivity contribution in [1.29, 1.82) is 0 Å². The molecule has 2 N–H and O–H groups in total. The van der Waals surface area contributed by atoms with E-state index in [-0.39, 0.29) is 23.7 Å². The van der Waals surface area contributed by atoms with Gasteiger partial charge in [0.1, 0.15) is 0 Å². The minimum absolute atomic E-state index is 0.0874. The molecule has 80 valence electrons. The molecule has 2 aliphatic carbocycles. The Kier molecular flexibility index (Phi) is 2.49. The molecule has 2 rings (SSSR count). The van der Waals surface area contributed by atoms with E-state index in [0.717, 1.165) is 6.42 Å². The van der Waals surface area contributed by atoms with Crippen LogP contribution in [0.15, 0.2) is 0 Å². The Morgan fingerprint density at radius 1 is 1.36 bits per heavy atom. The lowest BCUT2D eigenvalue weighted by atomic mass is 9.85. The van der Waals surface area contributed by atoms with Gasteiger partial charge in [-0.3, -0.25) is 4.79 Å². The summed E-state index contributed by atoms with van der Waals surface area (Å²) < 4.78 is 4.93. The van der Waals surface area contributed by atoms with E-state index in [9.17, 15) is 15.0 Å². The molecule has 14 heavy (non-hydrogen) atoms. The van der Waals surface area contributed by atoms with Crippen LogP contribution in [0.3, 0.4) is 0 Å². The van der Waals surface area contributed by atoms with E-state index in [2.05, 4.69) is 0 Å². The van der Waals surface area contributed by atoms with Gasteiger partial charge >= 0.3 is 5.97 Å². The van der Waals surface area contributed by atoms with Gasteiger partial charge in [0.25, 0.3) is 0 Å². The number of fused-ring (bicyclic) bond motifs is 2. The monoisotopic (exact) mass is 200 g/mol. The van der Waals surface area contributed by atoms with Crippen LogP contribution in [-0.2, 0) is 9.53 Å². The van der Waals surface area contributed by atoms with Gasteiger partial charge in [-0.2, -0.15) is 0 Å². The second-order valence-corrected chi connectivity index (χ2v) is 4.24. The number of rotatable bonds is 2. The summed E-state index contributed by atoms with van der Waals surface area (Å²) in [5.74, 6) is -0.414. The summed E-state index contributed by atoms with van der Waals surface area (Å²) in [5, 5.41) is 19.1. The van der Waals surface area contributed by atoms with Crippen LogP contribution >= 0.6 is 0 Å². The van der Waals surface area contributed by atoms with E-state index in [1.807, 2.05) is 0 Å². The lowest BCUT2D eigenvalue weighted by molar-refractivity contribution is -0.153. The first-order chi connectivity index (χ1) is 6.65. The second-order valence-electron chi connectivity index (χ2n) is 4.24. The molecule has 4 heteroatoms. The van der Waals surface area contributed by atoms with Gasteiger partial charge in [-0.1, -0.05) is 0 Å². The van der Waals surface area contributed by atoms with Crippen molar-refractivity contribution in [2.75, 3.05) is 6.61 Å². The van der Waals surface area contributed by atoms with E-state index in [1.54, 1.807) is 6.92 Å². The first-order valence-electron chi connectivity index (χ1n) is 5.18. The van der Waals surface area contributed by atoms with E-state index >= 15 is 0 Å². The van der Waals surface area contributed by atoms with Crippen molar-refractivity contribution < 1.29 is 19.7 Å². The first kappa shape index (κ1) is 9.93. The Morgan fingerprint density at radius 3 is 2.57 bits per heavy atom. The third-order valence-electron chi connectivity index (χ3n) is 3.51. The highest BCUT2D eigenvalue weighted by Crippen LogP contribution is 2.48. The molecule has 5 unspecified atom stereocenters. The molecule has 2 saturated carbocycles. The summed E-state index contributed by atoms with van der Waals surface area (Å²) in [6.07, 6.45) is 0.0573. The highest BCUT2D eigenvalue weighted by molar-refractivity contribution is 5.73. The van der Waals surface area contributed by atoms with Gasteiger partial charge in [0.2, 0.25) is 0 Å². The highest BCUT2D eigenvalue weighted by atomic mass is 16.5. The van der Waals surface area contributed by atoms with Crippen LogP contribution in [0, 0.1) is 17.8 Å². The maximum absolute atomic E-state index is 11.5. The molecule has 0 amide bonds. The van der Waals surface area contributed by atoms with Gasteiger partial charge < -0.3 is 14.9 Å². The molecule has 0 radical (unpaired) electrons. The van der Waals surface area contributed by atoms with Crippen molar-refractivity contribution in [2.45, 2.75) is 32.0 Å². The van der Waals surface area contributed by atoms with Crippen molar-refractivity contribution in [1.82, 2.24) is 0 Å². The summed E-state index contributed by atoms with van der Waals surface area (Å²) >= 11 is 0. The SMILES string of the molecule is CCOC(=O)C1CC2CC1C(O)C2O. The van der Waals surface area contributed by atoms with Crippen LogP contribution in [0.5, 0.6) is 0 Å². The summed E-state index contributed by atoms with van der Waals surface area (Å²) in [4.78, 5) is 11.5. The van der Waals surface area contributed by atoms with Crippen molar-refractivity contribution in [3.8, 4) is 0 Å². The average molecular weight is 200 g/mol. The lowest BCUT2D eigenvalue weighted by Gasteiger charge is -2.28. The average Bonchev–Trinajstić information content (AvgIpc) is 2.68. The van der Waals surface area contributed by atoms with Gasteiger partial charge in [0.15, 0.2) is 0 Å². The molecule has 0 aliphatic heterocycles.